The zero-order chi connectivity index (χ0) is 13.5. The summed E-state index contributed by atoms with van der Waals surface area (Å²) in [6.07, 6.45) is 0.875. The van der Waals surface area contributed by atoms with Crippen molar-refractivity contribution in [3.8, 4) is 11.4 Å². The van der Waals surface area contributed by atoms with Crippen LogP contribution in [-0.4, -0.2) is 33.4 Å². The largest absolute Gasteiger partial charge is 0.399 e. The van der Waals surface area contributed by atoms with Crippen molar-refractivity contribution in [1.82, 2.24) is 20.2 Å². The van der Waals surface area contributed by atoms with Crippen molar-refractivity contribution in [2.24, 2.45) is 0 Å². The van der Waals surface area contributed by atoms with E-state index in [0.29, 0.717) is 30.4 Å². The molecule has 0 aliphatic carbocycles. The molecule has 1 aromatic heterocycles. The molecule has 3 rings (SSSR count). The number of tetrazole rings is 1. The highest BCUT2D eigenvalue weighted by atomic mass is 16.5. The van der Waals surface area contributed by atoms with Gasteiger partial charge in [-0.05, 0) is 42.0 Å². The second kappa shape index (κ2) is 4.20. The maximum absolute atomic E-state index is 6.00. The van der Waals surface area contributed by atoms with Crippen LogP contribution in [0.25, 0.3) is 11.4 Å². The fraction of sp³-hybridized carbons (Fsp3) is 0.417. The van der Waals surface area contributed by atoms with E-state index < -0.39 is 0 Å². The van der Waals surface area contributed by atoms with Crippen molar-refractivity contribution in [3.05, 3.63) is 18.2 Å². The van der Waals surface area contributed by atoms with E-state index in [9.17, 15) is 0 Å². The first-order valence-electron chi connectivity index (χ1n) is 6.12. The van der Waals surface area contributed by atoms with E-state index in [1.165, 1.54) is 0 Å². The van der Waals surface area contributed by atoms with Crippen LogP contribution < -0.4 is 11.5 Å². The zero-order valence-electron chi connectivity index (χ0n) is 10.7. The summed E-state index contributed by atoms with van der Waals surface area (Å²) >= 11 is 0. The molecular weight excluding hydrogens is 244 g/mol. The van der Waals surface area contributed by atoms with Gasteiger partial charge in [-0.3, -0.25) is 0 Å². The maximum Gasteiger partial charge on any atom is 0.184 e. The second-order valence-corrected chi connectivity index (χ2v) is 5.06. The fourth-order valence-electron chi connectivity index (χ4n) is 2.33. The van der Waals surface area contributed by atoms with Crippen molar-refractivity contribution >= 4 is 11.4 Å². The van der Waals surface area contributed by atoms with Crippen LogP contribution in [0.3, 0.4) is 0 Å². The molecule has 19 heavy (non-hydrogen) atoms. The smallest absolute Gasteiger partial charge is 0.184 e. The number of nitrogen functional groups attached to an aromatic ring is 2. The van der Waals surface area contributed by atoms with Crippen LogP contribution >= 0.6 is 0 Å². The Balaban J connectivity index is 2.09. The predicted octanol–water partition coefficient (Wildman–Crippen LogP) is 0.640. The van der Waals surface area contributed by atoms with Gasteiger partial charge in [-0.1, -0.05) is 0 Å². The Bertz CT molecular complexity index is 602. The van der Waals surface area contributed by atoms with Crippen LogP contribution in [0.4, 0.5) is 11.4 Å². The van der Waals surface area contributed by atoms with Gasteiger partial charge < -0.3 is 16.2 Å². The number of rotatable bonds is 2. The molecule has 0 amide bonds. The standard InChI is InChI=1S/C12H16N6O/c1-12(4-5-19-7-12)18-11(15-16-17-18)9-3-2-8(13)6-10(9)14/h2-3,6H,4-5,7,13-14H2,1H3. The first-order valence-corrected chi connectivity index (χ1v) is 6.12. The lowest BCUT2D eigenvalue weighted by Gasteiger charge is -2.23. The molecule has 7 heteroatoms. The Morgan fingerprint density at radius 3 is 2.89 bits per heavy atom. The number of nitrogens with two attached hydrogens (primary N) is 2. The Hall–Kier alpha value is -2.15. The van der Waals surface area contributed by atoms with Gasteiger partial charge >= 0.3 is 0 Å². The molecule has 2 aromatic rings. The van der Waals surface area contributed by atoms with Gasteiger partial charge in [0, 0.05) is 23.5 Å². The maximum atomic E-state index is 6.00. The van der Waals surface area contributed by atoms with Gasteiger partial charge in [0.1, 0.15) is 0 Å². The SMILES string of the molecule is CC1(n2nnnc2-c2ccc(N)cc2N)CCOC1. The third kappa shape index (κ3) is 1.91. The van der Waals surface area contributed by atoms with Crippen LogP contribution in [0.15, 0.2) is 18.2 Å². The van der Waals surface area contributed by atoms with Crippen LogP contribution in [0.5, 0.6) is 0 Å². The highest BCUT2D eigenvalue weighted by Gasteiger charge is 2.35. The lowest BCUT2D eigenvalue weighted by atomic mass is 10.0. The summed E-state index contributed by atoms with van der Waals surface area (Å²) in [6, 6.07) is 5.34. The molecule has 7 nitrogen and oxygen atoms in total. The minimum absolute atomic E-state index is 0.230. The lowest BCUT2D eigenvalue weighted by Crippen LogP contribution is -2.32. The van der Waals surface area contributed by atoms with Crippen molar-refractivity contribution in [2.75, 3.05) is 24.7 Å². The van der Waals surface area contributed by atoms with E-state index in [0.717, 1.165) is 12.0 Å². The molecule has 1 aliphatic rings. The van der Waals surface area contributed by atoms with E-state index in [2.05, 4.69) is 22.4 Å². The van der Waals surface area contributed by atoms with Gasteiger partial charge in [0.05, 0.1) is 12.1 Å². The van der Waals surface area contributed by atoms with Crippen molar-refractivity contribution < 1.29 is 4.74 Å². The number of nitrogens with zero attached hydrogens (tertiary/aromatic N) is 4. The topological polar surface area (TPSA) is 105 Å². The molecule has 1 fully saturated rings. The third-order valence-corrected chi connectivity index (χ3v) is 3.50. The number of benzene rings is 1. The van der Waals surface area contributed by atoms with Gasteiger partial charge in [0.2, 0.25) is 0 Å². The summed E-state index contributed by atoms with van der Waals surface area (Å²) in [5.74, 6) is 0.644. The van der Waals surface area contributed by atoms with E-state index in [4.69, 9.17) is 16.2 Å². The van der Waals surface area contributed by atoms with Crippen LogP contribution in [-0.2, 0) is 10.3 Å². The number of hydrogen-bond donors (Lipinski definition) is 2. The Morgan fingerprint density at radius 2 is 2.21 bits per heavy atom. The number of hydrogen-bond acceptors (Lipinski definition) is 6. The molecule has 1 aromatic carbocycles. The van der Waals surface area contributed by atoms with Gasteiger partial charge in [0.15, 0.2) is 5.82 Å². The molecule has 0 bridgehead atoms. The Labute approximate surface area is 110 Å². The quantitative estimate of drug-likeness (QED) is 0.768. The number of ether oxygens (including phenoxy) is 1. The normalized spacial score (nSPS) is 22.8. The second-order valence-electron chi connectivity index (χ2n) is 5.06. The van der Waals surface area contributed by atoms with E-state index >= 15 is 0 Å². The van der Waals surface area contributed by atoms with E-state index in [1.54, 1.807) is 16.8 Å². The average Bonchev–Trinajstić information content (AvgIpc) is 2.98. The molecule has 1 saturated heterocycles. The third-order valence-electron chi connectivity index (χ3n) is 3.50. The molecule has 1 unspecified atom stereocenters. The van der Waals surface area contributed by atoms with Gasteiger partial charge in [0.25, 0.3) is 0 Å². The molecule has 100 valence electrons. The van der Waals surface area contributed by atoms with Crippen molar-refractivity contribution in [2.45, 2.75) is 18.9 Å². The minimum atomic E-state index is -0.230. The lowest BCUT2D eigenvalue weighted by molar-refractivity contribution is 0.155. The molecule has 1 aliphatic heterocycles. The molecular formula is C12H16N6O. The minimum Gasteiger partial charge on any atom is -0.399 e. The zero-order valence-corrected chi connectivity index (χ0v) is 10.7. The van der Waals surface area contributed by atoms with Crippen LogP contribution in [0.2, 0.25) is 0 Å². The molecule has 0 saturated carbocycles. The van der Waals surface area contributed by atoms with Gasteiger partial charge in [-0.25, -0.2) is 4.68 Å². The summed E-state index contributed by atoms with van der Waals surface area (Å²) in [7, 11) is 0. The van der Waals surface area contributed by atoms with Gasteiger partial charge in [-0.15, -0.1) is 5.10 Å². The summed E-state index contributed by atoms with van der Waals surface area (Å²) < 4.78 is 7.25. The Kier molecular flexibility index (Phi) is 2.63. The Morgan fingerprint density at radius 1 is 1.37 bits per heavy atom. The summed E-state index contributed by atoms with van der Waals surface area (Å²) in [6.45, 7) is 3.39. The summed E-state index contributed by atoms with van der Waals surface area (Å²) in [4.78, 5) is 0. The molecule has 1 atom stereocenters. The van der Waals surface area contributed by atoms with Gasteiger partial charge in [-0.2, -0.15) is 0 Å². The van der Waals surface area contributed by atoms with Crippen molar-refractivity contribution in [3.63, 3.8) is 0 Å². The first kappa shape index (κ1) is 11.9. The highest BCUT2D eigenvalue weighted by Crippen LogP contribution is 2.32. The first-order chi connectivity index (χ1) is 9.10. The fourth-order valence-corrected chi connectivity index (χ4v) is 2.33. The summed E-state index contributed by atoms with van der Waals surface area (Å²) in [5.41, 5.74) is 13.5. The summed E-state index contributed by atoms with van der Waals surface area (Å²) in [5, 5.41) is 12.0. The number of aromatic nitrogens is 4. The molecule has 0 radical (unpaired) electrons. The molecule has 2 heterocycles. The predicted molar refractivity (Wildman–Crippen MR) is 71.2 cm³/mol. The molecule has 4 N–H and O–H groups in total. The van der Waals surface area contributed by atoms with E-state index in [1.807, 2.05) is 6.07 Å². The number of anilines is 2. The monoisotopic (exact) mass is 260 g/mol. The van der Waals surface area contributed by atoms with E-state index in [-0.39, 0.29) is 5.54 Å². The van der Waals surface area contributed by atoms with Crippen LogP contribution in [0, 0.1) is 0 Å². The van der Waals surface area contributed by atoms with Crippen molar-refractivity contribution in [1.29, 1.82) is 0 Å². The average molecular weight is 260 g/mol. The highest BCUT2D eigenvalue weighted by molar-refractivity contribution is 5.74. The molecule has 0 spiro atoms. The van der Waals surface area contributed by atoms with Crippen LogP contribution in [0.1, 0.15) is 13.3 Å².